The number of rotatable bonds is 4. The standard InChI is InChI=1S/C23H23NO4/c25-19(17-6-2-1-3-7-17)10-11-22(27)24-14-12-23(13-15-24)16-20(26)18-8-4-5-9-21(18)28-23/h1-9H,10-16H2. The molecule has 0 unspecified atom stereocenters. The molecule has 144 valence electrons. The highest BCUT2D eigenvalue weighted by Gasteiger charge is 2.43. The molecule has 2 aliphatic rings. The van der Waals surface area contributed by atoms with Crippen molar-refractivity contribution in [3.63, 3.8) is 0 Å². The van der Waals surface area contributed by atoms with Crippen molar-refractivity contribution in [2.24, 2.45) is 0 Å². The van der Waals surface area contributed by atoms with Gasteiger partial charge in [0.1, 0.15) is 11.4 Å². The van der Waals surface area contributed by atoms with E-state index in [4.69, 9.17) is 4.74 Å². The van der Waals surface area contributed by atoms with E-state index in [0.717, 1.165) is 0 Å². The minimum atomic E-state index is -0.512. The number of Topliss-reactive ketones (excluding diaryl/α,β-unsaturated/α-hetero) is 2. The van der Waals surface area contributed by atoms with Crippen molar-refractivity contribution >= 4 is 17.5 Å². The lowest BCUT2D eigenvalue weighted by Gasteiger charge is -2.44. The zero-order chi connectivity index (χ0) is 19.6. The number of hydrogen-bond acceptors (Lipinski definition) is 4. The van der Waals surface area contributed by atoms with E-state index in [-0.39, 0.29) is 30.3 Å². The molecule has 0 aromatic heterocycles. The predicted octanol–water partition coefficient (Wildman–Crippen LogP) is 3.68. The molecule has 2 aliphatic heterocycles. The first-order chi connectivity index (χ1) is 13.6. The lowest BCUT2D eigenvalue weighted by atomic mass is 9.82. The number of benzene rings is 2. The summed E-state index contributed by atoms with van der Waals surface area (Å²) in [4.78, 5) is 39.0. The molecule has 28 heavy (non-hydrogen) atoms. The normalized spacial score (nSPS) is 17.7. The highest BCUT2D eigenvalue weighted by molar-refractivity contribution is 6.00. The van der Waals surface area contributed by atoms with Crippen LogP contribution in [-0.4, -0.2) is 41.1 Å². The van der Waals surface area contributed by atoms with E-state index in [0.29, 0.717) is 49.2 Å². The summed E-state index contributed by atoms with van der Waals surface area (Å²) in [6.07, 6.45) is 2.05. The van der Waals surface area contributed by atoms with Gasteiger partial charge in [-0.3, -0.25) is 14.4 Å². The molecule has 0 bridgehead atoms. The number of fused-ring (bicyclic) bond motifs is 1. The molecule has 5 nitrogen and oxygen atoms in total. The molecule has 0 radical (unpaired) electrons. The van der Waals surface area contributed by atoms with Gasteiger partial charge in [-0.25, -0.2) is 0 Å². The van der Waals surface area contributed by atoms with Crippen LogP contribution in [0.15, 0.2) is 54.6 Å². The Labute approximate surface area is 164 Å². The number of likely N-dealkylation sites (tertiary alicyclic amines) is 1. The molecule has 1 fully saturated rings. The smallest absolute Gasteiger partial charge is 0.223 e. The Bertz CT molecular complexity index is 898. The number of nitrogens with zero attached hydrogens (tertiary/aromatic N) is 1. The molecule has 1 amide bonds. The maximum absolute atomic E-state index is 12.5. The number of para-hydroxylation sites is 1. The fourth-order valence-electron chi connectivity index (χ4n) is 4.03. The Hall–Kier alpha value is -2.95. The average Bonchev–Trinajstić information content (AvgIpc) is 2.73. The highest BCUT2D eigenvalue weighted by atomic mass is 16.5. The lowest BCUT2D eigenvalue weighted by molar-refractivity contribution is -0.134. The van der Waals surface area contributed by atoms with Crippen molar-refractivity contribution in [1.82, 2.24) is 4.90 Å². The van der Waals surface area contributed by atoms with Gasteiger partial charge in [-0.1, -0.05) is 42.5 Å². The minimum Gasteiger partial charge on any atom is -0.486 e. The zero-order valence-electron chi connectivity index (χ0n) is 15.7. The van der Waals surface area contributed by atoms with Crippen molar-refractivity contribution in [3.8, 4) is 5.75 Å². The Morgan fingerprint density at radius 1 is 0.929 bits per heavy atom. The maximum atomic E-state index is 12.5. The van der Waals surface area contributed by atoms with E-state index in [1.165, 1.54) is 0 Å². The summed E-state index contributed by atoms with van der Waals surface area (Å²) < 4.78 is 6.20. The first-order valence-corrected chi connectivity index (χ1v) is 9.74. The van der Waals surface area contributed by atoms with Crippen LogP contribution in [-0.2, 0) is 4.79 Å². The minimum absolute atomic E-state index is 0.0123. The zero-order valence-corrected chi connectivity index (χ0v) is 15.7. The quantitative estimate of drug-likeness (QED) is 0.763. The van der Waals surface area contributed by atoms with Crippen molar-refractivity contribution in [2.45, 2.75) is 37.7 Å². The van der Waals surface area contributed by atoms with Gasteiger partial charge < -0.3 is 9.64 Å². The summed E-state index contributed by atoms with van der Waals surface area (Å²) in [7, 11) is 0. The first-order valence-electron chi connectivity index (χ1n) is 9.74. The molecule has 2 heterocycles. The number of hydrogen-bond donors (Lipinski definition) is 0. The summed E-state index contributed by atoms with van der Waals surface area (Å²) >= 11 is 0. The molecular formula is C23H23NO4. The summed E-state index contributed by atoms with van der Waals surface area (Å²) in [5.74, 6) is 0.726. The number of carbonyl (C=O) groups is 3. The molecule has 5 heteroatoms. The summed E-state index contributed by atoms with van der Waals surface area (Å²) in [5, 5.41) is 0. The fourth-order valence-corrected chi connectivity index (χ4v) is 4.03. The second-order valence-corrected chi connectivity index (χ2v) is 7.55. The summed E-state index contributed by atoms with van der Waals surface area (Å²) in [5.41, 5.74) is 0.772. The monoisotopic (exact) mass is 377 g/mol. The molecule has 2 aromatic carbocycles. The number of amides is 1. The lowest BCUT2D eigenvalue weighted by Crippen LogP contribution is -2.52. The second-order valence-electron chi connectivity index (χ2n) is 7.55. The van der Waals surface area contributed by atoms with E-state index in [9.17, 15) is 14.4 Å². The highest BCUT2D eigenvalue weighted by Crippen LogP contribution is 2.39. The van der Waals surface area contributed by atoms with Crippen LogP contribution in [0.5, 0.6) is 5.75 Å². The van der Waals surface area contributed by atoms with Crippen LogP contribution < -0.4 is 4.74 Å². The molecule has 1 saturated heterocycles. The molecule has 2 aromatic rings. The predicted molar refractivity (Wildman–Crippen MR) is 105 cm³/mol. The van der Waals surface area contributed by atoms with Crippen LogP contribution >= 0.6 is 0 Å². The van der Waals surface area contributed by atoms with Crippen molar-refractivity contribution in [2.75, 3.05) is 13.1 Å². The van der Waals surface area contributed by atoms with Crippen LogP contribution in [0.4, 0.5) is 0 Å². The largest absolute Gasteiger partial charge is 0.486 e. The molecule has 0 atom stereocenters. The van der Waals surface area contributed by atoms with Crippen LogP contribution in [0, 0.1) is 0 Å². The van der Waals surface area contributed by atoms with E-state index >= 15 is 0 Å². The van der Waals surface area contributed by atoms with E-state index < -0.39 is 5.60 Å². The van der Waals surface area contributed by atoms with Crippen LogP contribution in [0.3, 0.4) is 0 Å². The number of carbonyl (C=O) groups excluding carboxylic acids is 3. The molecular weight excluding hydrogens is 354 g/mol. The maximum Gasteiger partial charge on any atom is 0.223 e. The Morgan fingerprint density at radius 3 is 2.36 bits per heavy atom. The topological polar surface area (TPSA) is 63.7 Å². The fraction of sp³-hybridized carbons (Fsp3) is 0.348. The SMILES string of the molecule is O=C(CCC(=O)N1CCC2(CC1)CC(=O)c1ccccc1O2)c1ccccc1. The molecule has 1 spiro atoms. The van der Waals surface area contributed by atoms with E-state index in [1.807, 2.05) is 36.4 Å². The number of ether oxygens (including phenoxy) is 1. The molecule has 4 rings (SSSR count). The van der Waals surface area contributed by atoms with Gasteiger partial charge in [0.2, 0.25) is 5.91 Å². The van der Waals surface area contributed by atoms with Crippen LogP contribution in [0.2, 0.25) is 0 Å². The van der Waals surface area contributed by atoms with Gasteiger partial charge in [-0.05, 0) is 12.1 Å². The molecule has 0 saturated carbocycles. The summed E-state index contributed by atoms with van der Waals surface area (Å²) in [6.45, 7) is 1.10. The van der Waals surface area contributed by atoms with Gasteiger partial charge in [0.25, 0.3) is 0 Å². The second kappa shape index (κ2) is 7.58. The van der Waals surface area contributed by atoms with Crippen molar-refractivity contribution in [3.05, 3.63) is 65.7 Å². The van der Waals surface area contributed by atoms with Gasteiger partial charge >= 0.3 is 0 Å². The third-order valence-corrected chi connectivity index (χ3v) is 5.69. The van der Waals surface area contributed by atoms with Crippen molar-refractivity contribution in [1.29, 1.82) is 0 Å². The number of ketones is 2. The van der Waals surface area contributed by atoms with Crippen LogP contribution in [0.25, 0.3) is 0 Å². The Kier molecular flexibility index (Phi) is 4.99. The summed E-state index contributed by atoms with van der Waals surface area (Å²) in [6, 6.07) is 16.4. The van der Waals surface area contributed by atoms with Crippen molar-refractivity contribution < 1.29 is 19.1 Å². The average molecular weight is 377 g/mol. The van der Waals surface area contributed by atoms with Gasteiger partial charge in [-0.2, -0.15) is 0 Å². The Morgan fingerprint density at radius 2 is 1.61 bits per heavy atom. The Balaban J connectivity index is 1.32. The van der Waals surface area contributed by atoms with Gasteiger partial charge in [0.05, 0.1) is 12.0 Å². The first kappa shape index (κ1) is 18.4. The van der Waals surface area contributed by atoms with E-state index in [1.54, 1.807) is 23.1 Å². The third-order valence-electron chi connectivity index (χ3n) is 5.69. The number of piperidine rings is 1. The van der Waals surface area contributed by atoms with Gasteiger partial charge in [0.15, 0.2) is 11.6 Å². The van der Waals surface area contributed by atoms with Crippen LogP contribution in [0.1, 0.15) is 52.8 Å². The van der Waals surface area contributed by atoms with E-state index in [2.05, 4.69) is 0 Å². The van der Waals surface area contributed by atoms with Gasteiger partial charge in [-0.15, -0.1) is 0 Å². The third kappa shape index (κ3) is 3.70. The molecule has 0 aliphatic carbocycles. The molecule has 0 N–H and O–H groups in total. The van der Waals surface area contributed by atoms with Gasteiger partial charge in [0, 0.05) is 44.3 Å².